The maximum absolute atomic E-state index is 12.0. The molecular weight excluding hydrogens is 190 g/mol. The number of allylic oxidation sites excluding steroid dienone is 2. The molecule has 1 heterocycles. The lowest BCUT2D eigenvalue weighted by molar-refractivity contribution is -0.139. The zero-order valence-corrected chi connectivity index (χ0v) is 8.71. The number of carbonyl (C=O) groups excluding carboxylic acids is 2. The van der Waals surface area contributed by atoms with Gasteiger partial charge in [-0.25, -0.2) is 0 Å². The van der Waals surface area contributed by atoms with Crippen molar-refractivity contribution in [2.75, 3.05) is 0 Å². The van der Waals surface area contributed by atoms with Crippen molar-refractivity contribution in [1.82, 2.24) is 5.32 Å². The molecule has 0 aromatic rings. The summed E-state index contributed by atoms with van der Waals surface area (Å²) in [4.78, 5) is 24.0. The third-order valence-corrected chi connectivity index (χ3v) is 4.57. The summed E-state index contributed by atoms with van der Waals surface area (Å²) >= 11 is 0. The minimum absolute atomic E-state index is 0.0171. The molecule has 3 heteroatoms. The summed E-state index contributed by atoms with van der Waals surface area (Å²) in [6.07, 6.45) is 9.58. The van der Waals surface area contributed by atoms with Crippen LogP contribution in [0.3, 0.4) is 0 Å². The van der Waals surface area contributed by atoms with Gasteiger partial charge in [0.1, 0.15) is 0 Å². The molecule has 0 radical (unpaired) electrons. The molecule has 3 nitrogen and oxygen atoms in total. The highest BCUT2D eigenvalue weighted by Crippen LogP contribution is 2.60. The second kappa shape index (κ2) is 2.71. The Morgan fingerprint density at radius 3 is 1.87 bits per heavy atom. The van der Waals surface area contributed by atoms with E-state index in [1.54, 1.807) is 0 Å². The van der Waals surface area contributed by atoms with Gasteiger partial charge in [-0.05, 0) is 25.7 Å². The van der Waals surface area contributed by atoms with Crippen LogP contribution in [0.1, 0.15) is 38.5 Å². The highest BCUT2D eigenvalue weighted by Gasteiger charge is 2.65. The number of carbonyl (C=O) groups is 2. The Labute approximate surface area is 88.9 Å². The van der Waals surface area contributed by atoms with Crippen LogP contribution in [0.4, 0.5) is 0 Å². The minimum atomic E-state index is -0.392. The van der Waals surface area contributed by atoms with Gasteiger partial charge in [0.2, 0.25) is 11.8 Å². The van der Waals surface area contributed by atoms with Crippen LogP contribution in [0.25, 0.3) is 0 Å². The number of hydrogen-bond donors (Lipinski definition) is 1. The molecule has 15 heavy (non-hydrogen) atoms. The predicted molar refractivity (Wildman–Crippen MR) is 54.9 cm³/mol. The fourth-order valence-electron chi connectivity index (χ4n) is 3.69. The van der Waals surface area contributed by atoms with Crippen LogP contribution in [0.5, 0.6) is 0 Å². The molecule has 1 aliphatic heterocycles. The Morgan fingerprint density at radius 1 is 0.933 bits per heavy atom. The largest absolute Gasteiger partial charge is 0.295 e. The van der Waals surface area contributed by atoms with Crippen molar-refractivity contribution < 1.29 is 9.59 Å². The monoisotopic (exact) mass is 205 g/mol. The maximum atomic E-state index is 12.0. The molecule has 2 atom stereocenters. The summed E-state index contributed by atoms with van der Waals surface area (Å²) in [6, 6.07) is 0. The van der Waals surface area contributed by atoms with E-state index >= 15 is 0 Å². The topological polar surface area (TPSA) is 46.2 Å². The van der Waals surface area contributed by atoms with Crippen molar-refractivity contribution in [3.63, 3.8) is 0 Å². The van der Waals surface area contributed by atoms with Crippen LogP contribution >= 0.6 is 0 Å². The predicted octanol–water partition coefficient (Wildman–Crippen LogP) is 1.54. The molecule has 0 spiro atoms. The van der Waals surface area contributed by atoms with Gasteiger partial charge in [-0.2, -0.15) is 0 Å². The van der Waals surface area contributed by atoms with E-state index in [4.69, 9.17) is 0 Å². The average molecular weight is 205 g/mol. The molecule has 3 rings (SSSR count). The fraction of sp³-hybridized carbons (Fsp3) is 0.667. The fourth-order valence-corrected chi connectivity index (χ4v) is 3.69. The molecule has 2 aliphatic carbocycles. The Bertz CT molecular complexity index is 340. The van der Waals surface area contributed by atoms with Crippen LogP contribution in [-0.4, -0.2) is 11.8 Å². The molecule has 1 N–H and O–H groups in total. The normalized spacial score (nSPS) is 43.5. The van der Waals surface area contributed by atoms with E-state index in [2.05, 4.69) is 17.5 Å². The molecule has 2 amide bonds. The van der Waals surface area contributed by atoms with Crippen molar-refractivity contribution in [3.8, 4) is 0 Å². The molecule has 3 aliphatic rings. The second-order valence-electron chi connectivity index (χ2n) is 5.03. The first-order valence-electron chi connectivity index (χ1n) is 5.72. The maximum Gasteiger partial charge on any atom is 0.234 e. The summed E-state index contributed by atoms with van der Waals surface area (Å²) in [5, 5.41) is 2.56. The van der Waals surface area contributed by atoms with Gasteiger partial charge in [-0.3, -0.25) is 14.9 Å². The SMILES string of the molecule is O=C1NC(=O)[C@]23CC=CC[C@@]12CCCC3. The zero-order valence-electron chi connectivity index (χ0n) is 8.71. The van der Waals surface area contributed by atoms with Gasteiger partial charge in [0.25, 0.3) is 0 Å². The van der Waals surface area contributed by atoms with Gasteiger partial charge < -0.3 is 0 Å². The molecule has 1 saturated heterocycles. The number of hydrogen-bond acceptors (Lipinski definition) is 2. The van der Waals surface area contributed by atoms with Crippen molar-refractivity contribution in [2.45, 2.75) is 38.5 Å². The molecule has 0 aromatic heterocycles. The standard InChI is InChI=1S/C12H15NO2/c14-9-11-5-1-2-6-12(11,10(15)13-9)8-4-3-7-11/h1-2H,3-8H2,(H,13,14,15)/t11-,12-/m1/s1. The smallest absolute Gasteiger partial charge is 0.234 e. The quantitative estimate of drug-likeness (QED) is 0.481. The third kappa shape index (κ3) is 0.869. The van der Waals surface area contributed by atoms with Crippen molar-refractivity contribution >= 4 is 11.8 Å². The highest BCUT2D eigenvalue weighted by molar-refractivity contribution is 6.10. The van der Waals surface area contributed by atoms with Crippen LogP contribution in [0, 0.1) is 10.8 Å². The number of nitrogens with one attached hydrogen (secondary N) is 1. The zero-order chi connectivity index (χ0) is 10.5. The molecule has 0 unspecified atom stereocenters. The highest BCUT2D eigenvalue weighted by atomic mass is 16.2. The summed E-state index contributed by atoms with van der Waals surface area (Å²) in [7, 11) is 0. The number of amides is 2. The Balaban J connectivity index is 2.17. The molecule has 1 saturated carbocycles. The van der Waals surface area contributed by atoms with Crippen LogP contribution in [0.15, 0.2) is 12.2 Å². The van der Waals surface area contributed by atoms with E-state index in [0.717, 1.165) is 38.5 Å². The van der Waals surface area contributed by atoms with E-state index < -0.39 is 10.8 Å². The van der Waals surface area contributed by atoms with E-state index in [-0.39, 0.29) is 11.8 Å². The lowest BCUT2D eigenvalue weighted by Gasteiger charge is -2.46. The van der Waals surface area contributed by atoms with Gasteiger partial charge in [-0.15, -0.1) is 0 Å². The second-order valence-corrected chi connectivity index (χ2v) is 5.03. The Kier molecular flexibility index (Phi) is 1.65. The Hall–Kier alpha value is -1.12. The molecule has 80 valence electrons. The van der Waals surface area contributed by atoms with Crippen LogP contribution < -0.4 is 5.32 Å². The summed E-state index contributed by atoms with van der Waals surface area (Å²) in [5.74, 6) is -0.0342. The van der Waals surface area contributed by atoms with E-state index in [9.17, 15) is 9.59 Å². The molecular formula is C12H15NO2. The van der Waals surface area contributed by atoms with Crippen LogP contribution in [0.2, 0.25) is 0 Å². The lowest BCUT2D eigenvalue weighted by atomic mass is 9.53. The average Bonchev–Trinajstić information content (AvgIpc) is 2.50. The summed E-state index contributed by atoms with van der Waals surface area (Å²) in [6.45, 7) is 0. The lowest BCUT2D eigenvalue weighted by Crippen LogP contribution is -2.48. The summed E-state index contributed by atoms with van der Waals surface area (Å²) < 4.78 is 0. The van der Waals surface area contributed by atoms with E-state index in [0.29, 0.717) is 0 Å². The number of imide groups is 1. The van der Waals surface area contributed by atoms with Gasteiger partial charge in [0, 0.05) is 0 Å². The Morgan fingerprint density at radius 2 is 1.40 bits per heavy atom. The van der Waals surface area contributed by atoms with E-state index in [1.165, 1.54) is 0 Å². The number of rotatable bonds is 0. The van der Waals surface area contributed by atoms with Gasteiger partial charge >= 0.3 is 0 Å². The molecule has 2 fully saturated rings. The van der Waals surface area contributed by atoms with Gasteiger partial charge in [0.15, 0.2) is 0 Å². The van der Waals surface area contributed by atoms with E-state index in [1.807, 2.05) is 0 Å². The molecule has 0 bridgehead atoms. The van der Waals surface area contributed by atoms with Crippen LogP contribution in [-0.2, 0) is 9.59 Å². The first-order chi connectivity index (χ1) is 7.21. The summed E-state index contributed by atoms with van der Waals surface area (Å²) in [5.41, 5.74) is -0.784. The van der Waals surface area contributed by atoms with Gasteiger partial charge in [-0.1, -0.05) is 25.0 Å². The first kappa shape index (κ1) is 9.13. The molecule has 0 aromatic carbocycles. The van der Waals surface area contributed by atoms with Crippen molar-refractivity contribution in [1.29, 1.82) is 0 Å². The van der Waals surface area contributed by atoms with Crippen molar-refractivity contribution in [3.05, 3.63) is 12.2 Å². The minimum Gasteiger partial charge on any atom is -0.295 e. The third-order valence-electron chi connectivity index (χ3n) is 4.57. The van der Waals surface area contributed by atoms with Gasteiger partial charge in [0.05, 0.1) is 10.8 Å². The first-order valence-corrected chi connectivity index (χ1v) is 5.72. The van der Waals surface area contributed by atoms with Crippen molar-refractivity contribution in [2.24, 2.45) is 10.8 Å².